The average Bonchev–Trinajstić information content (AvgIpc) is 2.17. The van der Waals surface area contributed by atoms with E-state index in [2.05, 4.69) is 5.32 Å². The van der Waals surface area contributed by atoms with Crippen LogP contribution in [0.4, 0.5) is 4.79 Å². The third-order valence-electron chi connectivity index (χ3n) is 2.73. The van der Waals surface area contributed by atoms with E-state index in [0.717, 1.165) is 25.9 Å². The van der Waals surface area contributed by atoms with Gasteiger partial charge in [0.25, 0.3) is 0 Å². The smallest absolute Gasteiger partial charge is 0.410 e. The van der Waals surface area contributed by atoms with Crippen molar-refractivity contribution in [3.63, 3.8) is 0 Å². The number of carbonyl (C=O) groups is 1. The van der Waals surface area contributed by atoms with Crippen LogP contribution in [0.25, 0.3) is 0 Å². The van der Waals surface area contributed by atoms with Gasteiger partial charge >= 0.3 is 6.09 Å². The average molecular weight is 214 g/mol. The van der Waals surface area contributed by atoms with E-state index in [4.69, 9.17) is 4.74 Å². The number of methoxy groups -OCH3 is 1. The van der Waals surface area contributed by atoms with Crippen LogP contribution in [-0.4, -0.2) is 42.8 Å². The molecule has 1 saturated heterocycles. The normalized spacial score (nSPS) is 22.3. The minimum absolute atomic E-state index is 0.184. The fraction of sp³-hybridized carbons (Fsp3) is 0.909. The third-order valence-corrected chi connectivity index (χ3v) is 2.73. The minimum Gasteiger partial charge on any atom is -0.453 e. The molecule has 1 atom stereocenters. The number of carbonyl (C=O) groups excluding carboxylic acids is 1. The molecular weight excluding hydrogens is 192 g/mol. The molecule has 0 aromatic rings. The quantitative estimate of drug-likeness (QED) is 0.721. The molecular formula is C11H22N2O2. The zero-order valence-electron chi connectivity index (χ0n) is 10.2. The molecule has 4 nitrogen and oxygen atoms in total. The van der Waals surface area contributed by atoms with Crippen molar-refractivity contribution in [1.82, 2.24) is 10.2 Å². The van der Waals surface area contributed by atoms with Crippen LogP contribution in [0.1, 0.15) is 33.6 Å². The Balaban J connectivity index is 2.75. The highest BCUT2D eigenvalue weighted by Crippen LogP contribution is 2.22. The van der Waals surface area contributed by atoms with Crippen LogP contribution < -0.4 is 5.32 Å². The molecule has 1 N–H and O–H groups in total. The van der Waals surface area contributed by atoms with Crippen LogP contribution in [0.5, 0.6) is 0 Å². The molecule has 0 radical (unpaired) electrons. The molecule has 1 heterocycles. The van der Waals surface area contributed by atoms with E-state index in [1.807, 2.05) is 25.7 Å². The summed E-state index contributed by atoms with van der Waals surface area (Å²) < 4.78 is 4.85. The molecule has 0 saturated carbocycles. The van der Waals surface area contributed by atoms with Gasteiger partial charge in [-0.1, -0.05) is 0 Å². The summed E-state index contributed by atoms with van der Waals surface area (Å²) in [5.41, 5.74) is -0.184. The highest BCUT2D eigenvalue weighted by Gasteiger charge is 2.34. The Labute approximate surface area is 92.0 Å². The van der Waals surface area contributed by atoms with Crippen molar-refractivity contribution in [3.8, 4) is 0 Å². The summed E-state index contributed by atoms with van der Waals surface area (Å²) in [6.07, 6.45) is 1.95. The number of nitrogens with zero attached hydrogens (tertiary/aromatic N) is 1. The summed E-state index contributed by atoms with van der Waals surface area (Å²) in [6, 6.07) is 0.256. The van der Waals surface area contributed by atoms with Gasteiger partial charge in [0.1, 0.15) is 0 Å². The lowest BCUT2D eigenvalue weighted by Gasteiger charge is -2.42. The Morgan fingerprint density at radius 3 is 2.53 bits per heavy atom. The van der Waals surface area contributed by atoms with Crippen LogP contribution in [0.2, 0.25) is 0 Å². The first-order valence-electron chi connectivity index (χ1n) is 5.55. The Kier molecular flexibility index (Phi) is 3.97. The monoisotopic (exact) mass is 214 g/mol. The third kappa shape index (κ3) is 3.09. The predicted octanol–water partition coefficient (Wildman–Crippen LogP) is 1.61. The SMILES string of the molecule is COC(=O)N([C@@H]1CCCNC1)C(C)(C)C. The molecule has 88 valence electrons. The maximum absolute atomic E-state index is 11.7. The molecule has 0 aromatic heterocycles. The number of hydrogen-bond acceptors (Lipinski definition) is 3. The lowest BCUT2D eigenvalue weighted by atomic mass is 9.99. The number of rotatable bonds is 1. The van der Waals surface area contributed by atoms with Gasteiger partial charge in [0, 0.05) is 18.1 Å². The highest BCUT2D eigenvalue weighted by molar-refractivity contribution is 5.68. The zero-order chi connectivity index (χ0) is 11.5. The minimum atomic E-state index is -0.226. The van der Waals surface area contributed by atoms with Crippen molar-refractivity contribution in [1.29, 1.82) is 0 Å². The first-order chi connectivity index (χ1) is 6.96. The van der Waals surface area contributed by atoms with Gasteiger partial charge in [-0.3, -0.25) is 4.90 Å². The van der Waals surface area contributed by atoms with Crippen LogP contribution in [0.15, 0.2) is 0 Å². The van der Waals surface area contributed by atoms with Crippen LogP contribution in [-0.2, 0) is 4.74 Å². The fourth-order valence-electron chi connectivity index (χ4n) is 2.12. The lowest BCUT2D eigenvalue weighted by Crippen LogP contribution is -2.56. The Morgan fingerprint density at radius 2 is 2.13 bits per heavy atom. The highest BCUT2D eigenvalue weighted by atomic mass is 16.5. The van der Waals surface area contributed by atoms with Crippen LogP contribution >= 0.6 is 0 Å². The van der Waals surface area contributed by atoms with E-state index in [1.165, 1.54) is 7.11 Å². The number of piperidine rings is 1. The summed E-state index contributed by atoms with van der Waals surface area (Å²) in [5, 5.41) is 3.32. The van der Waals surface area contributed by atoms with Gasteiger partial charge in [0.15, 0.2) is 0 Å². The topological polar surface area (TPSA) is 41.6 Å². The second-order valence-corrected chi connectivity index (χ2v) is 5.01. The number of amides is 1. The van der Waals surface area contributed by atoms with E-state index < -0.39 is 0 Å². The van der Waals surface area contributed by atoms with Crippen molar-refractivity contribution < 1.29 is 9.53 Å². The maximum atomic E-state index is 11.7. The molecule has 1 rings (SSSR count). The molecule has 15 heavy (non-hydrogen) atoms. The van der Waals surface area contributed by atoms with E-state index in [-0.39, 0.29) is 17.7 Å². The summed E-state index contributed by atoms with van der Waals surface area (Å²) in [7, 11) is 1.44. The summed E-state index contributed by atoms with van der Waals surface area (Å²) in [4.78, 5) is 13.6. The van der Waals surface area contributed by atoms with Crippen molar-refractivity contribution in [3.05, 3.63) is 0 Å². The first-order valence-corrected chi connectivity index (χ1v) is 5.55. The molecule has 0 bridgehead atoms. The maximum Gasteiger partial charge on any atom is 0.410 e. The van der Waals surface area contributed by atoms with E-state index in [0.29, 0.717) is 0 Å². The lowest BCUT2D eigenvalue weighted by molar-refractivity contribution is 0.0491. The van der Waals surface area contributed by atoms with E-state index in [1.54, 1.807) is 0 Å². The van der Waals surface area contributed by atoms with Crippen molar-refractivity contribution in [2.45, 2.75) is 45.2 Å². The van der Waals surface area contributed by atoms with Crippen molar-refractivity contribution >= 4 is 6.09 Å². The standard InChI is InChI=1S/C11H22N2O2/c1-11(2,3)13(10(14)15-4)9-6-5-7-12-8-9/h9,12H,5-8H2,1-4H3/t9-/m1/s1. The van der Waals surface area contributed by atoms with Crippen LogP contribution in [0.3, 0.4) is 0 Å². The van der Waals surface area contributed by atoms with Gasteiger partial charge in [-0.15, -0.1) is 0 Å². The van der Waals surface area contributed by atoms with Gasteiger partial charge < -0.3 is 10.1 Å². The number of nitrogens with one attached hydrogen (secondary N) is 1. The van der Waals surface area contributed by atoms with Gasteiger partial charge in [0.05, 0.1) is 7.11 Å². The van der Waals surface area contributed by atoms with Crippen molar-refractivity contribution in [2.24, 2.45) is 0 Å². The molecule has 0 spiro atoms. The molecule has 1 aliphatic rings. The molecule has 0 unspecified atom stereocenters. The van der Waals surface area contributed by atoms with E-state index >= 15 is 0 Å². The largest absolute Gasteiger partial charge is 0.453 e. The van der Waals surface area contributed by atoms with Gasteiger partial charge in [0.2, 0.25) is 0 Å². The molecule has 4 heteroatoms. The summed E-state index contributed by atoms with van der Waals surface area (Å²) in [6.45, 7) is 8.04. The second-order valence-electron chi connectivity index (χ2n) is 5.01. The predicted molar refractivity (Wildman–Crippen MR) is 59.9 cm³/mol. The van der Waals surface area contributed by atoms with Crippen LogP contribution in [0, 0.1) is 0 Å². The van der Waals surface area contributed by atoms with Gasteiger partial charge in [-0.25, -0.2) is 4.79 Å². The molecule has 1 amide bonds. The Bertz CT molecular complexity index is 217. The Hall–Kier alpha value is -0.770. The first kappa shape index (κ1) is 12.3. The summed E-state index contributed by atoms with van der Waals surface area (Å²) >= 11 is 0. The fourth-order valence-corrected chi connectivity index (χ4v) is 2.12. The molecule has 0 aromatic carbocycles. The number of hydrogen-bond donors (Lipinski definition) is 1. The van der Waals surface area contributed by atoms with Crippen molar-refractivity contribution in [2.75, 3.05) is 20.2 Å². The summed E-state index contributed by atoms with van der Waals surface area (Å²) in [5.74, 6) is 0. The Morgan fingerprint density at radius 1 is 1.47 bits per heavy atom. The van der Waals surface area contributed by atoms with Gasteiger partial charge in [-0.2, -0.15) is 0 Å². The number of ether oxygens (including phenoxy) is 1. The molecule has 0 aliphatic carbocycles. The zero-order valence-corrected chi connectivity index (χ0v) is 10.2. The molecule has 1 fully saturated rings. The van der Waals surface area contributed by atoms with Gasteiger partial charge in [-0.05, 0) is 40.2 Å². The molecule has 1 aliphatic heterocycles. The van der Waals surface area contributed by atoms with E-state index in [9.17, 15) is 4.79 Å². The second kappa shape index (κ2) is 4.84.